The first-order chi connectivity index (χ1) is 14.0. The summed E-state index contributed by atoms with van der Waals surface area (Å²) in [6, 6.07) is 13.8. The normalized spacial score (nSPS) is 15.0. The van der Waals surface area contributed by atoms with Gasteiger partial charge < -0.3 is 10.6 Å². The van der Waals surface area contributed by atoms with Gasteiger partial charge in [-0.1, -0.05) is 30.3 Å². The first-order valence-electron chi connectivity index (χ1n) is 9.98. The van der Waals surface area contributed by atoms with Crippen molar-refractivity contribution in [3.63, 3.8) is 0 Å². The van der Waals surface area contributed by atoms with E-state index in [2.05, 4.69) is 39.8 Å². The number of fused-ring (bicyclic) bond motifs is 1. The lowest BCUT2D eigenvalue weighted by molar-refractivity contribution is 0.0952. The summed E-state index contributed by atoms with van der Waals surface area (Å²) in [5, 5.41) is 6.35. The standard InChI is InChI=1S/C22H27N5O2/c1-25-19-5-3-4-18(20(19)26(2)22(25)29)21(28)24-14-16-6-8-17(9-7-16)15-27-12-10-23-11-13-27/h3-9,23H,10-15H2,1-2H3,(H,24,28). The highest BCUT2D eigenvalue weighted by atomic mass is 16.2. The van der Waals surface area contributed by atoms with Gasteiger partial charge in [0.25, 0.3) is 5.91 Å². The highest BCUT2D eigenvalue weighted by Gasteiger charge is 2.16. The molecule has 7 heteroatoms. The molecule has 3 aromatic rings. The van der Waals surface area contributed by atoms with Crippen LogP contribution in [0, 0.1) is 0 Å². The molecule has 0 aliphatic carbocycles. The Morgan fingerprint density at radius 1 is 1.00 bits per heavy atom. The first-order valence-corrected chi connectivity index (χ1v) is 9.98. The number of nitrogens with zero attached hydrogens (tertiary/aromatic N) is 3. The van der Waals surface area contributed by atoms with E-state index in [0.29, 0.717) is 17.6 Å². The zero-order valence-corrected chi connectivity index (χ0v) is 16.9. The summed E-state index contributed by atoms with van der Waals surface area (Å²) in [5.74, 6) is -0.179. The van der Waals surface area contributed by atoms with Gasteiger partial charge in [-0.2, -0.15) is 0 Å². The minimum atomic E-state index is -0.179. The maximum absolute atomic E-state index is 12.8. The van der Waals surface area contributed by atoms with Gasteiger partial charge in [-0.15, -0.1) is 0 Å². The molecule has 0 unspecified atom stereocenters. The van der Waals surface area contributed by atoms with Gasteiger partial charge in [0.05, 0.1) is 16.6 Å². The number of rotatable bonds is 5. The Kier molecular flexibility index (Phi) is 5.51. The quantitative estimate of drug-likeness (QED) is 0.684. The summed E-state index contributed by atoms with van der Waals surface area (Å²) in [6.07, 6.45) is 0. The summed E-state index contributed by atoms with van der Waals surface area (Å²) in [6.45, 7) is 5.65. The molecule has 7 nitrogen and oxygen atoms in total. The van der Waals surface area contributed by atoms with Crippen molar-refractivity contribution in [1.82, 2.24) is 24.7 Å². The van der Waals surface area contributed by atoms with E-state index < -0.39 is 0 Å². The molecule has 2 aromatic carbocycles. The van der Waals surface area contributed by atoms with E-state index in [1.165, 1.54) is 10.1 Å². The largest absolute Gasteiger partial charge is 0.348 e. The van der Waals surface area contributed by atoms with Gasteiger partial charge in [-0.3, -0.25) is 18.8 Å². The minimum Gasteiger partial charge on any atom is -0.348 e. The lowest BCUT2D eigenvalue weighted by Gasteiger charge is -2.27. The molecule has 152 valence electrons. The van der Waals surface area contributed by atoms with Gasteiger partial charge in [0.15, 0.2) is 0 Å². The molecule has 0 radical (unpaired) electrons. The van der Waals surface area contributed by atoms with Gasteiger partial charge >= 0.3 is 5.69 Å². The van der Waals surface area contributed by atoms with Crippen LogP contribution < -0.4 is 16.3 Å². The van der Waals surface area contributed by atoms with Crippen molar-refractivity contribution in [1.29, 1.82) is 0 Å². The van der Waals surface area contributed by atoms with Crippen molar-refractivity contribution >= 4 is 16.9 Å². The summed E-state index contributed by atoms with van der Waals surface area (Å²) in [7, 11) is 3.41. The number of hydrogen-bond acceptors (Lipinski definition) is 4. The Balaban J connectivity index is 1.43. The molecular weight excluding hydrogens is 366 g/mol. The van der Waals surface area contributed by atoms with E-state index in [-0.39, 0.29) is 11.6 Å². The third-order valence-electron chi connectivity index (χ3n) is 5.62. The molecule has 1 aromatic heterocycles. The molecule has 2 heterocycles. The molecule has 0 bridgehead atoms. The van der Waals surface area contributed by atoms with E-state index in [0.717, 1.165) is 43.8 Å². The van der Waals surface area contributed by atoms with Gasteiger partial charge in [-0.05, 0) is 23.3 Å². The van der Waals surface area contributed by atoms with Crippen LogP contribution in [0.1, 0.15) is 21.5 Å². The zero-order chi connectivity index (χ0) is 20.4. The van der Waals surface area contributed by atoms with Crippen LogP contribution >= 0.6 is 0 Å². The summed E-state index contributed by atoms with van der Waals surface area (Å²) in [5.41, 5.74) is 4.12. The molecule has 29 heavy (non-hydrogen) atoms. The maximum Gasteiger partial charge on any atom is 0.328 e. The van der Waals surface area contributed by atoms with Crippen LogP contribution in [0.15, 0.2) is 47.3 Å². The number of aryl methyl sites for hydroxylation is 2. The van der Waals surface area contributed by atoms with E-state index in [4.69, 9.17) is 0 Å². The van der Waals surface area contributed by atoms with Gasteiger partial charge in [0, 0.05) is 53.4 Å². The van der Waals surface area contributed by atoms with Crippen LogP contribution in [0.3, 0.4) is 0 Å². The average molecular weight is 393 g/mol. The van der Waals surface area contributed by atoms with E-state index in [1.54, 1.807) is 24.7 Å². The Morgan fingerprint density at radius 3 is 2.41 bits per heavy atom. The number of aromatic nitrogens is 2. The molecular formula is C22H27N5O2. The second-order valence-corrected chi connectivity index (χ2v) is 7.60. The van der Waals surface area contributed by atoms with Crippen LogP contribution in [0.4, 0.5) is 0 Å². The molecule has 2 N–H and O–H groups in total. The van der Waals surface area contributed by atoms with Crippen molar-refractivity contribution in [2.24, 2.45) is 14.1 Å². The number of para-hydroxylation sites is 1. The van der Waals surface area contributed by atoms with Crippen molar-refractivity contribution in [3.8, 4) is 0 Å². The highest BCUT2D eigenvalue weighted by Crippen LogP contribution is 2.17. The summed E-state index contributed by atoms with van der Waals surface area (Å²) >= 11 is 0. The fourth-order valence-corrected chi connectivity index (χ4v) is 3.93. The van der Waals surface area contributed by atoms with Crippen molar-refractivity contribution in [2.75, 3.05) is 26.2 Å². The fraction of sp³-hybridized carbons (Fsp3) is 0.364. The topological polar surface area (TPSA) is 71.3 Å². The molecule has 1 amide bonds. The fourth-order valence-electron chi connectivity index (χ4n) is 3.93. The average Bonchev–Trinajstić information content (AvgIpc) is 2.98. The van der Waals surface area contributed by atoms with Crippen molar-refractivity contribution < 1.29 is 4.79 Å². The van der Waals surface area contributed by atoms with Crippen LogP contribution in [0.5, 0.6) is 0 Å². The molecule has 1 fully saturated rings. The van der Waals surface area contributed by atoms with E-state index in [1.807, 2.05) is 12.1 Å². The van der Waals surface area contributed by atoms with E-state index in [9.17, 15) is 9.59 Å². The third kappa shape index (κ3) is 3.97. The Morgan fingerprint density at radius 2 is 1.69 bits per heavy atom. The summed E-state index contributed by atoms with van der Waals surface area (Å²) < 4.78 is 3.08. The van der Waals surface area contributed by atoms with Crippen LogP contribution in [-0.4, -0.2) is 46.1 Å². The number of carbonyl (C=O) groups excluding carboxylic acids is 1. The van der Waals surface area contributed by atoms with Crippen molar-refractivity contribution in [2.45, 2.75) is 13.1 Å². The van der Waals surface area contributed by atoms with E-state index >= 15 is 0 Å². The monoisotopic (exact) mass is 393 g/mol. The Hall–Kier alpha value is -2.90. The molecule has 1 aliphatic rings. The zero-order valence-electron chi connectivity index (χ0n) is 16.9. The number of nitrogens with one attached hydrogen (secondary N) is 2. The second-order valence-electron chi connectivity index (χ2n) is 7.60. The van der Waals surface area contributed by atoms with Crippen LogP contribution in [0.25, 0.3) is 11.0 Å². The van der Waals surface area contributed by atoms with Gasteiger partial charge in [0.2, 0.25) is 0 Å². The lowest BCUT2D eigenvalue weighted by atomic mass is 10.1. The third-order valence-corrected chi connectivity index (χ3v) is 5.62. The number of carbonyl (C=O) groups is 1. The molecule has 4 rings (SSSR count). The lowest BCUT2D eigenvalue weighted by Crippen LogP contribution is -2.42. The minimum absolute atomic E-state index is 0.139. The van der Waals surface area contributed by atoms with Gasteiger partial charge in [-0.25, -0.2) is 4.79 Å². The molecule has 0 atom stereocenters. The van der Waals surface area contributed by atoms with Crippen LogP contribution in [-0.2, 0) is 27.2 Å². The number of benzene rings is 2. The first kappa shape index (κ1) is 19.4. The number of amides is 1. The molecule has 0 spiro atoms. The molecule has 0 saturated carbocycles. The van der Waals surface area contributed by atoms with Gasteiger partial charge in [0.1, 0.15) is 0 Å². The SMILES string of the molecule is Cn1c(=O)n(C)c2c(C(=O)NCc3ccc(CN4CCNCC4)cc3)cccc21. The maximum atomic E-state index is 12.8. The number of imidazole rings is 1. The second kappa shape index (κ2) is 8.23. The predicted octanol–water partition coefficient (Wildman–Crippen LogP) is 1.21. The number of piperazine rings is 1. The molecule has 1 aliphatic heterocycles. The van der Waals surface area contributed by atoms with Crippen LogP contribution in [0.2, 0.25) is 0 Å². The number of hydrogen-bond donors (Lipinski definition) is 2. The Labute approximate surface area is 169 Å². The summed E-state index contributed by atoms with van der Waals surface area (Å²) in [4.78, 5) is 27.4. The smallest absolute Gasteiger partial charge is 0.328 e. The highest BCUT2D eigenvalue weighted by molar-refractivity contribution is 6.05. The van der Waals surface area contributed by atoms with Crippen molar-refractivity contribution in [3.05, 3.63) is 69.6 Å². The predicted molar refractivity (Wildman–Crippen MR) is 114 cm³/mol. The molecule has 1 saturated heterocycles. The Bertz CT molecular complexity index is 1080.